The van der Waals surface area contributed by atoms with Crippen molar-refractivity contribution < 1.29 is 14.6 Å². The predicted molar refractivity (Wildman–Crippen MR) is 47.2 cm³/mol. The number of phenolic OH excluding ortho intramolecular Hbond substituents is 2. The predicted octanol–water partition coefficient (Wildman–Crippen LogP) is 2.39. The maximum absolute atomic E-state index is 12.7. The van der Waals surface area contributed by atoms with E-state index in [0.29, 0.717) is 10.8 Å². The molecule has 0 aliphatic carbocycles. The van der Waals surface area contributed by atoms with Gasteiger partial charge in [-0.15, -0.1) is 0 Å². The molecule has 0 unspecified atom stereocenters. The molecule has 13 heavy (non-hydrogen) atoms. The molecule has 0 fully saturated rings. The van der Waals surface area contributed by atoms with Crippen LogP contribution >= 0.6 is 0 Å². The lowest BCUT2D eigenvalue weighted by atomic mass is 10.1. The Morgan fingerprint density at radius 1 is 1.00 bits per heavy atom. The molecule has 0 spiro atoms. The van der Waals surface area contributed by atoms with Crippen LogP contribution in [0.3, 0.4) is 0 Å². The van der Waals surface area contributed by atoms with Crippen molar-refractivity contribution in [2.75, 3.05) is 0 Å². The molecule has 0 atom stereocenters. The van der Waals surface area contributed by atoms with Crippen LogP contribution in [0.1, 0.15) is 0 Å². The third-order valence-corrected chi connectivity index (χ3v) is 1.88. The highest BCUT2D eigenvalue weighted by molar-refractivity contribution is 5.89. The normalized spacial score (nSPS) is 10.5. The second-order valence-corrected chi connectivity index (χ2v) is 2.83. The van der Waals surface area contributed by atoms with Gasteiger partial charge in [-0.3, -0.25) is 0 Å². The summed E-state index contributed by atoms with van der Waals surface area (Å²) >= 11 is 0. The van der Waals surface area contributed by atoms with E-state index >= 15 is 0 Å². The molecule has 0 aromatic heterocycles. The molecule has 2 aromatic carbocycles. The van der Waals surface area contributed by atoms with Gasteiger partial charge in [0.1, 0.15) is 17.3 Å². The summed E-state index contributed by atoms with van der Waals surface area (Å²) in [5.74, 6) is -0.511. The lowest BCUT2D eigenvalue weighted by Crippen LogP contribution is -1.77. The van der Waals surface area contributed by atoms with Gasteiger partial charge in [-0.1, -0.05) is 0 Å². The summed E-state index contributed by atoms with van der Waals surface area (Å²) < 4.78 is 12.7. The Bertz CT molecular complexity index is 460. The highest BCUT2D eigenvalue weighted by Crippen LogP contribution is 2.29. The summed E-state index contributed by atoms with van der Waals surface area (Å²) in [5, 5.41) is 19.5. The first-order valence-corrected chi connectivity index (χ1v) is 3.78. The fourth-order valence-corrected chi connectivity index (χ4v) is 1.31. The van der Waals surface area contributed by atoms with Gasteiger partial charge in [-0.25, -0.2) is 4.39 Å². The zero-order chi connectivity index (χ0) is 9.42. The van der Waals surface area contributed by atoms with E-state index in [4.69, 9.17) is 5.11 Å². The summed E-state index contributed by atoms with van der Waals surface area (Å²) in [4.78, 5) is 0. The van der Waals surface area contributed by atoms with Crippen molar-refractivity contribution in [1.82, 2.24) is 0 Å². The molecule has 3 heteroatoms. The summed E-state index contributed by atoms with van der Waals surface area (Å²) in [6.07, 6.45) is 0. The molecule has 2 N–H and O–H groups in total. The van der Waals surface area contributed by atoms with Crippen LogP contribution in [0.2, 0.25) is 0 Å². The van der Waals surface area contributed by atoms with Gasteiger partial charge in [0.25, 0.3) is 0 Å². The highest BCUT2D eigenvalue weighted by atomic mass is 19.1. The molecule has 2 rings (SSSR count). The van der Waals surface area contributed by atoms with E-state index in [2.05, 4.69) is 0 Å². The van der Waals surface area contributed by atoms with E-state index in [1.165, 1.54) is 30.3 Å². The molecule has 0 bridgehead atoms. The number of benzene rings is 2. The van der Waals surface area contributed by atoms with Crippen LogP contribution in [0.4, 0.5) is 4.39 Å². The van der Waals surface area contributed by atoms with Gasteiger partial charge in [0.05, 0.1) is 0 Å². The van der Waals surface area contributed by atoms with Crippen LogP contribution < -0.4 is 0 Å². The zero-order valence-corrected chi connectivity index (χ0v) is 6.66. The van der Waals surface area contributed by atoms with E-state index in [9.17, 15) is 9.50 Å². The summed E-state index contributed by atoms with van der Waals surface area (Å²) in [6.45, 7) is 0. The van der Waals surface area contributed by atoms with Crippen LogP contribution in [0.5, 0.6) is 11.5 Å². The van der Waals surface area contributed by atoms with Crippen molar-refractivity contribution in [1.29, 1.82) is 0 Å². The molecule has 0 heterocycles. The monoisotopic (exact) mass is 178 g/mol. The maximum Gasteiger partial charge on any atom is 0.127 e. The van der Waals surface area contributed by atoms with E-state index < -0.39 is 5.82 Å². The van der Waals surface area contributed by atoms with Gasteiger partial charge < -0.3 is 10.2 Å². The Balaban J connectivity index is 2.86. The van der Waals surface area contributed by atoms with Gasteiger partial charge in [0.2, 0.25) is 0 Å². The first kappa shape index (κ1) is 7.86. The standard InChI is InChI=1S/C10H7FO2/c11-7-1-2-9-6(3-7)4-8(12)5-10(9)13/h1-5,12-13H. The minimum atomic E-state index is -0.391. The number of phenols is 2. The smallest absolute Gasteiger partial charge is 0.127 e. The van der Waals surface area contributed by atoms with Gasteiger partial charge >= 0.3 is 0 Å². The van der Waals surface area contributed by atoms with Gasteiger partial charge in [0.15, 0.2) is 0 Å². The van der Waals surface area contributed by atoms with Crippen molar-refractivity contribution in [2.45, 2.75) is 0 Å². The van der Waals surface area contributed by atoms with E-state index in [1.54, 1.807) is 0 Å². The second kappa shape index (κ2) is 2.62. The summed E-state index contributed by atoms with van der Waals surface area (Å²) in [5.41, 5.74) is 0. The van der Waals surface area contributed by atoms with Gasteiger partial charge in [-0.2, -0.15) is 0 Å². The number of hydrogen-bond acceptors (Lipinski definition) is 2. The topological polar surface area (TPSA) is 40.5 Å². The zero-order valence-electron chi connectivity index (χ0n) is 6.66. The Kier molecular flexibility index (Phi) is 1.59. The number of aromatic hydroxyl groups is 2. The summed E-state index contributed by atoms with van der Waals surface area (Å²) in [7, 11) is 0. The first-order chi connectivity index (χ1) is 6.16. The fraction of sp³-hybridized carbons (Fsp3) is 0. The number of hydrogen-bond donors (Lipinski definition) is 2. The molecule has 2 aromatic rings. The maximum atomic E-state index is 12.7. The average molecular weight is 178 g/mol. The van der Waals surface area contributed by atoms with E-state index in [-0.39, 0.29) is 11.5 Å². The van der Waals surface area contributed by atoms with Crippen LogP contribution in [-0.2, 0) is 0 Å². The van der Waals surface area contributed by atoms with Crippen molar-refractivity contribution in [3.8, 4) is 11.5 Å². The number of halogens is 1. The Labute approximate surface area is 73.9 Å². The SMILES string of the molecule is Oc1cc(O)c2ccc(F)cc2c1. The third-order valence-electron chi connectivity index (χ3n) is 1.88. The molecule has 66 valence electrons. The molecule has 0 saturated heterocycles. The molecule has 0 radical (unpaired) electrons. The number of fused-ring (bicyclic) bond motifs is 1. The Morgan fingerprint density at radius 2 is 1.77 bits per heavy atom. The molecule has 0 aliphatic rings. The van der Waals surface area contributed by atoms with Crippen LogP contribution in [0.25, 0.3) is 10.8 Å². The van der Waals surface area contributed by atoms with E-state index in [0.717, 1.165) is 0 Å². The highest BCUT2D eigenvalue weighted by Gasteiger charge is 2.02. The van der Waals surface area contributed by atoms with Crippen molar-refractivity contribution in [2.24, 2.45) is 0 Å². The van der Waals surface area contributed by atoms with Crippen LogP contribution in [0.15, 0.2) is 30.3 Å². The largest absolute Gasteiger partial charge is 0.508 e. The van der Waals surface area contributed by atoms with Gasteiger partial charge in [0, 0.05) is 11.5 Å². The molecule has 0 saturated carbocycles. The summed E-state index contributed by atoms with van der Waals surface area (Å²) in [6, 6.07) is 6.62. The number of rotatable bonds is 0. The third kappa shape index (κ3) is 1.28. The van der Waals surface area contributed by atoms with Crippen molar-refractivity contribution >= 4 is 10.8 Å². The average Bonchev–Trinajstić information content (AvgIpc) is 2.02. The minimum Gasteiger partial charge on any atom is -0.508 e. The molecular formula is C10H7FO2. The minimum absolute atomic E-state index is 0.0463. The first-order valence-electron chi connectivity index (χ1n) is 3.78. The van der Waals surface area contributed by atoms with E-state index in [1.807, 2.05) is 0 Å². The van der Waals surface area contributed by atoms with Crippen LogP contribution in [0, 0.1) is 5.82 Å². The lowest BCUT2D eigenvalue weighted by molar-refractivity contribution is 0.455. The molecule has 0 aliphatic heterocycles. The van der Waals surface area contributed by atoms with Crippen molar-refractivity contribution in [3.63, 3.8) is 0 Å². The van der Waals surface area contributed by atoms with Gasteiger partial charge in [-0.05, 0) is 29.7 Å². The lowest BCUT2D eigenvalue weighted by Gasteiger charge is -2.01. The van der Waals surface area contributed by atoms with Crippen LogP contribution in [-0.4, -0.2) is 10.2 Å². The quantitative estimate of drug-likeness (QED) is 0.650. The molecule has 0 amide bonds. The Hall–Kier alpha value is -1.77. The second-order valence-electron chi connectivity index (χ2n) is 2.83. The van der Waals surface area contributed by atoms with Crippen molar-refractivity contribution in [3.05, 3.63) is 36.1 Å². The molecular weight excluding hydrogens is 171 g/mol. The molecule has 2 nitrogen and oxygen atoms in total. The Morgan fingerprint density at radius 3 is 2.54 bits per heavy atom. The fourth-order valence-electron chi connectivity index (χ4n) is 1.31.